The molecular weight excluding hydrogens is 432 g/mol. The lowest BCUT2D eigenvalue weighted by atomic mass is 9.48. The van der Waals surface area contributed by atoms with Gasteiger partial charge in [0.1, 0.15) is 22.9 Å². The van der Waals surface area contributed by atoms with Gasteiger partial charge < -0.3 is 24.4 Å². The maximum absolute atomic E-state index is 13.2. The van der Waals surface area contributed by atoms with Crippen LogP contribution in [0, 0.1) is 11.3 Å². The summed E-state index contributed by atoms with van der Waals surface area (Å²) in [7, 11) is 0. The Balaban J connectivity index is 1.20. The number of aliphatic hydroxyl groups excluding tert-OH is 1. The highest BCUT2D eigenvalue weighted by Crippen LogP contribution is 2.66. The Morgan fingerprint density at radius 2 is 1.97 bits per heavy atom. The smallest absolute Gasteiger partial charge is 0.186 e. The van der Waals surface area contributed by atoms with E-state index in [1.807, 2.05) is 19.9 Å². The first-order chi connectivity index (χ1) is 16.0. The first kappa shape index (κ1) is 21.7. The predicted molar refractivity (Wildman–Crippen MR) is 123 cm³/mol. The van der Waals surface area contributed by atoms with E-state index in [4.69, 9.17) is 14.2 Å². The molecule has 1 aromatic carbocycles. The van der Waals surface area contributed by atoms with Crippen molar-refractivity contribution in [3.05, 3.63) is 47.0 Å². The fourth-order valence-corrected chi connectivity index (χ4v) is 8.09. The summed E-state index contributed by atoms with van der Waals surface area (Å²) in [5, 5.41) is 22.1. The van der Waals surface area contributed by atoms with Gasteiger partial charge in [-0.3, -0.25) is 4.79 Å². The molecule has 0 aromatic heterocycles. The van der Waals surface area contributed by atoms with Crippen molar-refractivity contribution in [1.82, 2.24) is 0 Å². The van der Waals surface area contributed by atoms with E-state index in [1.165, 1.54) is 16.7 Å². The quantitative estimate of drug-likeness (QED) is 0.651. The van der Waals surface area contributed by atoms with E-state index in [-0.39, 0.29) is 47.4 Å². The van der Waals surface area contributed by atoms with Crippen molar-refractivity contribution >= 4 is 5.78 Å². The van der Waals surface area contributed by atoms with Gasteiger partial charge in [0.15, 0.2) is 12.1 Å². The molecule has 6 aliphatic rings. The summed E-state index contributed by atoms with van der Waals surface area (Å²) in [5.41, 5.74) is 0.920. The topological polar surface area (TPSA) is 91.8 Å². The summed E-state index contributed by atoms with van der Waals surface area (Å²) >= 11 is 0. The normalized spacial score (nSPS) is 53.1. The second-order valence-corrected chi connectivity index (χ2v) is 12.2. The summed E-state index contributed by atoms with van der Waals surface area (Å²) < 4.78 is 18.0. The molecule has 6 heteroatoms. The molecule has 3 aliphatic heterocycles. The molecule has 11 atom stereocenters. The number of benzene rings is 1. The third-order valence-corrected chi connectivity index (χ3v) is 10.8. The summed E-state index contributed by atoms with van der Waals surface area (Å²) in [5.74, 6) is 0.351. The fourth-order valence-electron chi connectivity index (χ4n) is 8.09. The number of ketones is 1. The lowest BCUT2D eigenvalue weighted by molar-refractivity contribution is -0.187. The van der Waals surface area contributed by atoms with Crippen LogP contribution in [-0.4, -0.2) is 57.4 Å². The molecule has 0 bridgehead atoms. The number of fused-ring (bicyclic) bond motifs is 9. The van der Waals surface area contributed by atoms with E-state index in [2.05, 4.69) is 32.0 Å². The molecule has 1 aromatic rings. The van der Waals surface area contributed by atoms with Crippen molar-refractivity contribution in [2.45, 2.75) is 107 Å². The summed E-state index contributed by atoms with van der Waals surface area (Å²) in [4.78, 5) is 13.2. The van der Waals surface area contributed by atoms with Crippen LogP contribution in [0.15, 0.2) is 30.4 Å². The van der Waals surface area contributed by atoms with E-state index >= 15 is 0 Å². The predicted octanol–water partition coefficient (Wildman–Crippen LogP) is 3.14. The lowest BCUT2D eigenvalue weighted by Crippen LogP contribution is -2.65. The maximum Gasteiger partial charge on any atom is 0.186 e. The average molecular weight is 467 g/mol. The lowest BCUT2D eigenvalue weighted by Gasteiger charge is -2.55. The van der Waals surface area contributed by atoms with Gasteiger partial charge in [0.25, 0.3) is 0 Å². The van der Waals surface area contributed by atoms with E-state index in [9.17, 15) is 15.0 Å². The van der Waals surface area contributed by atoms with Crippen LogP contribution in [0.2, 0.25) is 0 Å². The fraction of sp³-hybridized carbons (Fsp3) is 0.679. The first-order valence-corrected chi connectivity index (χ1v) is 12.8. The number of epoxide rings is 2. The molecule has 2 unspecified atom stereocenters. The van der Waals surface area contributed by atoms with Gasteiger partial charge in [-0.1, -0.05) is 31.2 Å². The highest BCUT2D eigenvalue weighted by Gasteiger charge is 2.75. The zero-order valence-electron chi connectivity index (χ0n) is 20.3. The van der Waals surface area contributed by atoms with Gasteiger partial charge in [0, 0.05) is 18.3 Å². The van der Waals surface area contributed by atoms with Gasteiger partial charge in [0.05, 0.1) is 17.6 Å². The second kappa shape index (κ2) is 6.40. The minimum absolute atomic E-state index is 0.0221. The third-order valence-electron chi connectivity index (χ3n) is 10.8. The van der Waals surface area contributed by atoms with Crippen LogP contribution in [0.25, 0.3) is 0 Å². The molecule has 4 fully saturated rings. The highest BCUT2D eigenvalue weighted by molar-refractivity contribution is 5.97. The number of allylic oxidation sites excluding steroid dienone is 1. The monoisotopic (exact) mass is 466 g/mol. The van der Waals surface area contributed by atoms with Crippen LogP contribution < -0.4 is 0 Å². The Kier molecular flexibility index (Phi) is 4.08. The molecule has 6 nitrogen and oxygen atoms in total. The van der Waals surface area contributed by atoms with Crippen molar-refractivity contribution < 1.29 is 29.2 Å². The number of ether oxygens (including phenoxy) is 3. The molecule has 1 saturated carbocycles. The van der Waals surface area contributed by atoms with E-state index in [1.54, 1.807) is 6.08 Å². The average Bonchev–Trinajstić information content (AvgIpc) is 3.70. The van der Waals surface area contributed by atoms with E-state index in [0.29, 0.717) is 6.42 Å². The number of rotatable bonds is 2. The van der Waals surface area contributed by atoms with Crippen molar-refractivity contribution in [3.8, 4) is 0 Å². The van der Waals surface area contributed by atoms with Gasteiger partial charge in [0.2, 0.25) is 0 Å². The van der Waals surface area contributed by atoms with Crippen LogP contribution in [0.3, 0.4) is 0 Å². The minimum Gasteiger partial charge on any atom is -0.386 e. The summed E-state index contributed by atoms with van der Waals surface area (Å²) in [6, 6.07) is 6.68. The number of carbonyl (C=O) groups is 1. The van der Waals surface area contributed by atoms with Crippen LogP contribution in [-0.2, 0) is 25.4 Å². The molecular formula is C28H34O6. The number of hydrogen-bond acceptors (Lipinski definition) is 6. The molecule has 3 heterocycles. The maximum atomic E-state index is 13.2. The van der Waals surface area contributed by atoms with Gasteiger partial charge in [-0.2, -0.15) is 0 Å². The van der Waals surface area contributed by atoms with Crippen LogP contribution in [0.4, 0.5) is 0 Å². The van der Waals surface area contributed by atoms with Crippen LogP contribution in [0.5, 0.6) is 0 Å². The summed E-state index contributed by atoms with van der Waals surface area (Å²) in [6.07, 6.45) is 5.14. The Morgan fingerprint density at radius 1 is 1.18 bits per heavy atom. The summed E-state index contributed by atoms with van der Waals surface area (Å²) in [6.45, 7) is 8.10. The molecule has 0 radical (unpaired) electrons. The standard InChI is InChI=1S/C28H34O6/c1-14(19-13-25(2)27(4,34-25)24(30)32-19)15-7-9-17-16(12-15)8-10-18-21(17)22-23(33-22)28(31)11-5-6-20(29)26(18,28)3/h5-7,9,12,14,18-19,21-24,30-31H,8,10-11,13H2,1-4H3/t14-,18?,19+,21?,22-,23-,24+,25-,26-,27+,28-/m0/s1. The zero-order valence-corrected chi connectivity index (χ0v) is 20.3. The Morgan fingerprint density at radius 3 is 2.74 bits per heavy atom. The number of aliphatic hydroxyl groups is 2. The Hall–Kier alpha value is -1.57. The molecule has 3 aliphatic carbocycles. The van der Waals surface area contributed by atoms with Gasteiger partial charge in [-0.15, -0.1) is 0 Å². The van der Waals surface area contributed by atoms with E-state index < -0.39 is 22.9 Å². The molecule has 3 saturated heterocycles. The number of aryl methyl sites for hydroxylation is 1. The Bertz CT molecular complexity index is 1130. The first-order valence-electron chi connectivity index (χ1n) is 12.8. The van der Waals surface area contributed by atoms with Crippen molar-refractivity contribution in [2.24, 2.45) is 11.3 Å². The molecule has 182 valence electrons. The van der Waals surface area contributed by atoms with Crippen LogP contribution >= 0.6 is 0 Å². The number of carbonyl (C=O) groups excluding carboxylic acids is 1. The second-order valence-electron chi connectivity index (χ2n) is 12.2. The van der Waals surface area contributed by atoms with Gasteiger partial charge >= 0.3 is 0 Å². The number of hydrogen-bond donors (Lipinski definition) is 2. The zero-order chi connectivity index (χ0) is 23.8. The molecule has 0 amide bonds. The van der Waals surface area contributed by atoms with Crippen LogP contribution in [0.1, 0.15) is 75.5 Å². The SMILES string of the molecule is C[C@@H](c1ccc2c(c1)CCC1C2[C@@H]2O[C@@H]2[C@@]2(O)CC=CC(=O)[C@]12C)[C@H]1C[C@]2(C)O[C@]2(C)[C@H](O)O1. The van der Waals surface area contributed by atoms with E-state index in [0.717, 1.165) is 19.3 Å². The van der Waals surface area contributed by atoms with Crippen molar-refractivity contribution in [1.29, 1.82) is 0 Å². The Labute approximate surface area is 200 Å². The molecule has 7 rings (SSSR count). The largest absolute Gasteiger partial charge is 0.386 e. The third kappa shape index (κ3) is 2.42. The molecule has 34 heavy (non-hydrogen) atoms. The molecule has 0 spiro atoms. The van der Waals surface area contributed by atoms with Crippen molar-refractivity contribution in [3.63, 3.8) is 0 Å². The van der Waals surface area contributed by atoms with Crippen molar-refractivity contribution in [2.75, 3.05) is 0 Å². The molecule has 2 N–H and O–H groups in total. The highest BCUT2D eigenvalue weighted by atomic mass is 16.7. The van der Waals surface area contributed by atoms with Gasteiger partial charge in [-0.05, 0) is 68.7 Å². The minimum atomic E-state index is -1.11. The van der Waals surface area contributed by atoms with Gasteiger partial charge in [-0.25, -0.2) is 0 Å².